The van der Waals surface area contributed by atoms with Crippen molar-refractivity contribution in [2.45, 2.75) is 32.2 Å². The van der Waals surface area contributed by atoms with E-state index in [-0.39, 0.29) is 11.9 Å². The molecule has 0 saturated carbocycles. The van der Waals surface area contributed by atoms with E-state index in [1.54, 1.807) is 35.5 Å². The molecule has 1 atom stereocenters. The first-order valence-corrected chi connectivity index (χ1v) is 10.2. The van der Waals surface area contributed by atoms with Gasteiger partial charge in [0.1, 0.15) is 0 Å². The average Bonchev–Trinajstić information content (AvgIpc) is 3.37. The van der Waals surface area contributed by atoms with Gasteiger partial charge >= 0.3 is 0 Å². The molecule has 1 amide bonds. The minimum atomic E-state index is -0.0514. The molecule has 1 unspecified atom stereocenters. The fraction of sp³-hybridized carbons (Fsp3) is 0.286. The van der Waals surface area contributed by atoms with Crippen molar-refractivity contribution < 1.29 is 9.21 Å². The van der Waals surface area contributed by atoms with Gasteiger partial charge in [0.25, 0.3) is 5.91 Å². The maximum Gasteiger partial charge on any atom is 0.274 e. The topological polar surface area (TPSA) is 63.6 Å². The predicted octanol–water partition coefficient (Wildman–Crippen LogP) is 4.49. The van der Waals surface area contributed by atoms with Gasteiger partial charge in [0.05, 0.1) is 23.0 Å². The molecular formula is C21H19BrN4O2. The van der Waals surface area contributed by atoms with Crippen molar-refractivity contribution in [1.29, 1.82) is 0 Å². The molecule has 0 aromatic carbocycles. The van der Waals surface area contributed by atoms with Gasteiger partial charge in [0, 0.05) is 30.6 Å². The van der Waals surface area contributed by atoms with Crippen LogP contribution in [-0.2, 0) is 0 Å². The lowest BCUT2D eigenvalue weighted by Crippen LogP contribution is -2.44. The van der Waals surface area contributed by atoms with Crippen LogP contribution in [0.3, 0.4) is 0 Å². The summed E-state index contributed by atoms with van der Waals surface area (Å²) in [6.45, 7) is 2.82. The van der Waals surface area contributed by atoms with Gasteiger partial charge in [0.2, 0.25) is 0 Å². The molecule has 7 heteroatoms. The van der Waals surface area contributed by atoms with Crippen LogP contribution >= 0.6 is 15.9 Å². The van der Waals surface area contributed by atoms with E-state index >= 15 is 0 Å². The van der Waals surface area contributed by atoms with Crippen LogP contribution in [0.4, 0.5) is 0 Å². The van der Waals surface area contributed by atoms with E-state index in [4.69, 9.17) is 4.42 Å². The molecule has 28 heavy (non-hydrogen) atoms. The molecule has 1 aliphatic heterocycles. The van der Waals surface area contributed by atoms with Gasteiger partial charge in [-0.3, -0.25) is 4.79 Å². The number of allylic oxidation sites excluding steroid dienone is 1. The first-order valence-electron chi connectivity index (χ1n) is 9.37. The number of furan rings is 1. The SMILES string of the molecule is CC1C2=C(CCC(c3ccoc3)=C2)CCN1C(=O)c1cc2ncc(Br)cn2n1. The Balaban J connectivity index is 1.45. The summed E-state index contributed by atoms with van der Waals surface area (Å²) < 4.78 is 7.70. The number of hydrogen-bond acceptors (Lipinski definition) is 4. The van der Waals surface area contributed by atoms with Gasteiger partial charge in [0.15, 0.2) is 11.3 Å². The molecule has 0 spiro atoms. The van der Waals surface area contributed by atoms with E-state index < -0.39 is 0 Å². The van der Waals surface area contributed by atoms with Crippen molar-refractivity contribution in [2.24, 2.45) is 0 Å². The molecule has 0 saturated heterocycles. The normalized spacial score (nSPS) is 19.7. The molecular weight excluding hydrogens is 420 g/mol. The number of carbonyl (C=O) groups is 1. The fourth-order valence-corrected chi connectivity index (χ4v) is 4.45. The van der Waals surface area contributed by atoms with Crippen LogP contribution in [0, 0.1) is 0 Å². The van der Waals surface area contributed by atoms with Gasteiger partial charge in [-0.15, -0.1) is 0 Å². The van der Waals surface area contributed by atoms with Gasteiger partial charge in [-0.05, 0) is 59.3 Å². The van der Waals surface area contributed by atoms with Crippen molar-refractivity contribution in [3.63, 3.8) is 0 Å². The number of hydrogen-bond donors (Lipinski definition) is 0. The summed E-state index contributed by atoms with van der Waals surface area (Å²) in [5.74, 6) is -0.0514. The number of nitrogens with zero attached hydrogens (tertiary/aromatic N) is 4. The first kappa shape index (κ1) is 17.4. The molecule has 3 aromatic rings. The minimum absolute atomic E-state index is 0.0166. The van der Waals surface area contributed by atoms with Crippen molar-refractivity contribution in [3.05, 3.63) is 70.0 Å². The van der Waals surface area contributed by atoms with Gasteiger partial charge in [-0.1, -0.05) is 11.6 Å². The third-order valence-electron chi connectivity index (χ3n) is 5.66. The van der Waals surface area contributed by atoms with Crippen LogP contribution in [-0.4, -0.2) is 38.0 Å². The number of carbonyl (C=O) groups excluding carboxylic acids is 1. The van der Waals surface area contributed by atoms with Crippen LogP contribution in [0.15, 0.2) is 63.2 Å². The zero-order valence-corrected chi connectivity index (χ0v) is 17.0. The zero-order chi connectivity index (χ0) is 19.3. The third-order valence-corrected chi connectivity index (χ3v) is 6.07. The number of aromatic nitrogens is 3. The Morgan fingerprint density at radius 3 is 3.04 bits per heavy atom. The van der Waals surface area contributed by atoms with Gasteiger partial charge in [-0.25, -0.2) is 9.50 Å². The molecule has 0 radical (unpaired) electrons. The molecule has 4 heterocycles. The van der Waals surface area contributed by atoms with Crippen LogP contribution < -0.4 is 0 Å². The summed E-state index contributed by atoms with van der Waals surface area (Å²) in [5.41, 5.74) is 6.21. The maximum atomic E-state index is 13.2. The second-order valence-corrected chi connectivity index (χ2v) is 8.19. The third kappa shape index (κ3) is 2.90. The molecule has 3 aromatic heterocycles. The Morgan fingerprint density at radius 2 is 2.21 bits per heavy atom. The fourth-order valence-electron chi connectivity index (χ4n) is 4.15. The Bertz CT molecular complexity index is 1130. The van der Waals surface area contributed by atoms with Crippen molar-refractivity contribution >= 4 is 33.1 Å². The smallest absolute Gasteiger partial charge is 0.274 e. The van der Waals surface area contributed by atoms with E-state index in [0.29, 0.717) is 11.3 Å². The van der Waals surface area contributed by atoms with Crippen LogP contribution in [0.2, 0.25) is 0 Å². The van der Waals surface area contributed by atoms with E-state index in [9.17, 15) is 4.79 Å². The molecule has 142 valence electrons. The number of halogens is 1. The Morgan fingerprint density at radius 1 is 1.32 bits per heavy atom. The monoisotopic (exact) mass is 438 g/mol. The molecule has 0 fully saturated rings. The first-order chi connectivity index (χ1) is 13.6. The zero-order valence-electron chi connectivity index (χ0n) is 15.4. The van der Waals surface area contributed by atoms with Crippen molar-refractivity contribution in [3.8, 4) is 0 Å². The van der Waals surface area contributed by atoms with E-state index in [0.717, 1.165) is 35.8 Å². The maximum absolute atomic E-state index is 13.2. The summed E-state index contributed by atoms with van der Waals surface area (Å²) in [4.78, 5) is 19.4. The Hall–Kier alpha value is -2.67. The molecule has 2 aliphatic rings. The number of rotatable bonds is 2. The highest BCUT2D eigenvalue weighted by Crippen LogP contribution is 2.37. The van der Waals surface area contributed by atoms with Crippen molar-refractivity contribution in [1.82, 2.24) is 19.5 Å². The summed E-state index contributed by atoms with van der Waals surface area (Å²) in [5, 5.41) is 4.43. The van der Waals surface area contributed by atoms with E-state index in [1.165, 1.54) is 16.7 Å². The lowest BCUT2D eigenvalue weighted by atomic mass is 9.82. The van der Waals surface area contributed by atoms with Gasteiger partial charge in [-0.2, -0.15) is 5.10 Å². The molecule has 6 nitrogen and oxygen atoms in total. The van der Waals surface area contributed by atoms with Crippen molar-refractivity contribution in [2.75, 3.05) is 6.54 Å². The Labute approximate surface area is 170 Å². The van der Waals surface area contributed by atoms with Gasteiger partial charge < -0.3 is 9.32 Å². The summed E-state index contributed by atoms with van der Waals surface area (Å²) >= 11 is 3.39. The Kier molecular flexibility index (Phi) is 4.19. The average molecular weight is 439 g/mol. The summed E-state index contributed by atoms with van der Waals surface area (Å²) in [6.07, 6.45) is 12.2. The highest BCUT2D eigenvalue weighted by Gasteiger charge is 2.32. The molecule has 1 aliphatic carbocycles. The lowest BCUT2D eigenvalue weighted by molar-refractivity contribution is 0.0701. The van der Waals surface area contributed by atoms with E-state index in [2.05, 4.69) is 39.0 Å². The second kappa shape index (κ2) is 6.74. The van der Waals surface area contributed by atoms with E-state index in [1.807, 2.05) is 11.0 Å². The van der Waals surface area contributed by atoms with Crippen LogP contribution in [0.5, 0.6) is 0 Å². The largest absolute Gasteiger partial charge is 0.472 e. The van der Waals surface area contributed by atoms with Crippen LogP contribution in [0.25, 0.3) is 11.2 Å². The highest BCUT2D eigenvalue weighted by atomic mass is 79.9. The standard InChI is InChI=1S/C21H19BrN4O2/c1-13-18-8-15(16-5-7-28-12-16)3-2-14(18)4-6-25(13)21(27)19-9-20-23-10-17(22)11-26(20)24-19/h5,7-13H,2-4,6H2,1H3. The highest BCUT2D eigenvalue weighted by molar-refractivity contribution is 9.10. The van der Waals surface area contributed by atoms with Crippen LogP contribution in [0.1, 0.15) is 42.2 Å². The molecule has 0 N–H and O–H groups in total. The summed E-state index contributed by atoms with van der Waals surface area (Å²) in [7, 11) is 0. The quantitative estimate of drug-likeness (QED) is 0.590. The summed E-state index contributed by atoms with van der Waals surface area (Å²) in [6, 6.07) is 3.76. The molecule has 0 bridgehead atoms. The predicted molar refractivity (Wildman–Crippen MR) is 109 cm³/mol. The second-order valence-electron chi connectivity index (χ2n) is 7.27. The number of amides is 1. The minimum Gasteiger partial charge on any atom is -0.472 e. The molecule has 5 rings (SSSR count). The number of fused-ring (bicyclic) bond motifs is 1. The lowest BCUT2D eigenvalue weighted by Gasteiger charge is -2.37.